The lowest BCUT2D eigenvalue weighted by molar-refractivity contribution is -0.384. The number of nitro benzene ring substituents is 1. The van der Waals surface area contributed by atoms with Crippen molar-refractivity contribution in [3.63, 3.8) is 0 Å². The predicted octanol–water partition coefficient (Wildman–Crippen LogP) is 3.47. The van der Waals surface area contributed by atoms with Crippen LogP contribution in [0.3, 0.4) is 0 Å². The summed E-state index contributed by atoms with van der Waals surface area (Å²) >= 11 is 0. The molecule has 0 radical (unpaired) electrons. The summed E-state index contributed by atoms with van der Waals surface area (Å²) in [6.07, 6.45) is 2.68. The average Bonchev–Trinajstić information content (AvgIpc) is 3.10. The summed E-state index contributed by atoms with van der Waals surface area (Å²) in [6.45, 7) is 6.15. The summed E-state index contributed by atoms with van der Waals surface area (Å²) in [4.78, 5) is 14.8. The lowest BCUT2D eigenvalue weighted by Gasteiger charge is -2.13. The van der Waals surface area contributed by atoms with E-state index in [1.807, 2.05) is 12.1 Å². The van der Waals surface area contributed by atoms with Gasteiger partial charge >= 0.3 is 0 Å². The Hall–Kier alpha value is -2.83. The minimum atomic E-state index is -0.406. The van der Waals surface area contributed by atoms with Crippen LogP contribution in [0.15, 0.2) is 52.1 Å². The molecule has 0 aliphatic rings. The third-order valence-corrected chi connectivity index (χ3v) is 3.59. The minimum absolute atomic E-state index is 0.0824. The highest BCUT2D eigenvalue weighted by Gasteiger charge is 2.05. The van der Waals surface area contributed by atoms with Crippen LogP contribution < -0.4 is 10.6 Å². The molecule has 1 heterocycles. The molecule has 0 saturated heterocycles. The SMILES string of the molecule is CC(C)CCNC(=NCc1ccc([N+](=O)[O-])cc1)NCc1ccco1. The standard InChI is InChI=1S/C18H24N4O3/c1-14(2)9-10-19-18(21-13-17-4-3-11-25-17)20-12-15-5-7-16(8-6-15)22(23)24/h3-8,11,14H,9-10,12-13H2,1-2H3,(H2,19,20,21). The number of nitro groups is 1. The van der Waals surface area contributed by atoms with E-state index in [9.17, 15) is 10.1 Å². The van der Waals surface area contributed by atoms with Gasteiger partial charge in [0, 0.05) is 18.7 Å². The van der Waals surface area contributed by atoms with Crippen LogP contribution in [0.1, 0.15) is 31.6 Å². The van der Waals surface area contributed by atoms with E-state index in [1.54, 1.807) is 18.4 Å². The average molecular weight is 344 g/mol. The largest absolute Gasteiger partial charge is 0.467 e. The Bertz CT molecular complexity index is 679. The van der Waals surface area contributed by atoms with Gasteiger partial charge in [0.25, 0.3) is 5.69 Å². The van der Waals surface area contributed by atoms with Crippen LogP contribution in [0, 0.1) is 16.0 Å². The van der Waals surface area contributed by atoms with Crippen molar-refractivity contribution >= 4 is 11.6 Å². The maximum Gasteiger partial charge on any atom is 0.269 e. The maximum absolute atomic E-state index is 10.7. The molecule has 0 aliphatic heterocycles. The number of benzene rings is 1. The summed E-state index contributed by atoms with van der Waals surface area (Å²) in [5.74, 6) is 2.12. The van der Waals surface area contributed by atoms with Gasteiger partial charge in [-0.2, -0.15) is 0 Å². The molecule has 1 aromatic heterocycles. The van der Waals surface area contributed by atoms with Gasteiger partial charge in [0.2, 0.25) is 0 Å². The lowest BCUT2D eigenvalue weighted by Crippen LogP contribution is -2.37. The van der Waals surface area contributed by atoms with Crippen LogP contribution in [-0.2, 0) is 13.1 Å². The van der Waals surface area contributed by atoms with Crippen molar-refractivity contribution in [2.45, 2.75) is 33.4 Å². The number of hydrogen-bond acceptors (Lipinski definition) is 4. The fraction of sp³-hybridized carbons (Fsp3) is 0.389. The predicted molar refractivity (Wildman–Crippen MR) is 97.2 cm³/mol. The number of guanidine groups is 1. The van der Waals surface area contributed by atoms with E-state index in [4.69, 9.17) is 4.42 Å². The number of non-ortho nitro benzene ring substituents is 1. The van der Waals surface area contributed by atoms with Crippen molar-refractivity contribution in [2.75, 3.05) is 6.54 Å². The van der Waals surface area contributed by atoms with Crippen molar-refractivity contribution in [1.82, 2.24) is 10.6 Å². The van der Waals surface area contributed by atoms with Gasteiger partial charge in [-0.25, -0.2) is 4.99 Å². The van der Waals surface area contributed by atoms with Gasteiger partial charge in [-0.15, -0.1) is 0 Å². The van der Waals surface area contributed by atoms with Gasteiger partial charge in [-0.1, -0.05) is 26.0 Å². The number of furan rings is 1. The first-order valence-corrected chi connectivity index (χ1v) is 8.32. The van der Waals surface area contributed by atoms with Crippen LogP contribution in [0.5, 0.6) is 0 Å². The van der Waals surface area contributed by atoms with Crippen LogP contribution in [0.2, 0.25) is 0 Å². The molecule has 0 aliphatic carbocycles. The fourth-order valence-corrected chi connectivity index (χ4v) is 2.13. The second-order valence-electron chi connectivity index (χ2n) is 6.13. The van der Waals surface area contributed by atoms with Gasteiger partial charge in [0.1, 0.15) is 5.76 Å². The minimum Gasteiger partial charge on any atom is -0.467 e. The van der Waals surface area contributed by atoms with Crippen LogP contribution in [0.25, 0.3) is 0 Å². The maximum atomic E-state index is 10.7. The van der Waals surface area contributed by atoms with Gasteiger partial charge in [-0.3, -0.25) is 10.1 Å². The Morgan fingerprint density at radius 3 is 2.60 bits per heavy atom. The molecule has 2 aromatic rings. The van der Waals surface area contributed by atoms with Crippen molar-refractivity contribution in [3.8, 4) is 0 Å². The monoisotopic (exact) mass is 344 g/mol. The van der Waals surface area contributed by atoms with E-state index in [-0.39, 0.29) is 5.69 Å². The second kappa shape index (κ2) is 9.46. The molecule has 25 heavy (non-hydrogen) atoms. The Kier molecular flexibility index (Phi) is 7.00. The van der Waals surface area contributed by atoms with E-state index in [1.165, 1.54) is 12.1 Å². The molecule has 2 N–H and O–H groups in total. The third-order valence-electron chi connectivity index (χ3n) is 3.59. The van der Waals surface area contributed by atoms with E-state index in [2.05, 4.69) is 29.5 Å². The van der Waals surface area contributed by atoms with Crippen molar-refractivity contribution < 1.29 is 9.34 Å². The lowest BCUT2D eigenvalue weighted by atomic mass is 10.1. The van der Waals surface area contributed by atoms with Gasteiger partial charge in [0.15, 0.2) is 5.96 Å². The molecule has 0 atom stereocenters. The van der Waals surface area contributed by atoms with Crippen LogP contribution >= 0.6 is 0 Å². The summed E-state index contributed by atoms with van der Waals surface area (Å²) in [5, 5.41) is 17.2. The van der Waals surface area contributed by atoms with Gasteiger partial charge in [-0.05, 0) is 30.0 Å². The summed E-state index contributed by atoms with van der Waals surface area (Å²) < 4.78 is 5.32. The quantitative estimate of drug-likeness (QED) is 0.331. The first-order valence-electron chi connectivity index (χ1n) is 8.32. The zero-order chi connectivity index (χ0) is 18.1. The topological polar surface area (TPSA) is 92.7 Å². The number of hydrogen-bond donors (Lipinski definition) is 2. The molecule has 0 spiro atoms. The molecule has 0 unspecified atom stereocenters. The second-order valence-corrected chi connectivity index (χ2v) is 6.13. The van der Waals surface area contributed by atoms with E-state index < -0.39 is 4.92 Å². The molecule has 7 nitrogen and oxygen atoms in total. The summed E-state index contributed by atoms with van der Waals surface area (Å²) in [5.41, 5.74) is 0.993. The highest BCUT2D eigenvalue weighted by molar-refractivity contribution is 5.79. The van der Waals surface area contributed by atoms with Gasteiger partial charge in [0.05, 0.1) is 24.3 Å². The van der Waals surface area contributed by atoms with E-state index in [0.29, 0.717) is 25.0 Å². The Morgan fingerprint density at radius 2 is 2.00 bits per heavy atom. The first-order chi connectivity index (χ1) is 12.0. The number of rotatable bonds is 8. The Balaban J connectivity index is 1.96. The normalized spacial score (nSPS) is 11.6. The molecule has 1 aromatic carbocycles. The Labute approximate surface area is 147 Å². The third kappa shape index (κ3) is 6.66. The van der Waals surface area contributed by atoms with E-state index >= 15 is 0 Å². The fourth-order valence-electron chi connectivity index (χ4n) is 2.13. The highest BCUT2D eigenvalue weighted by Crippen LogP contribution is 2.12. The number of aliphatic imine (C=N–C) groups is 1. The molecule has 7 heteroatoms. The number of nitrogens with zero attached hydrogens (tertiary/aromatic N) is 2. The Morgan fingerprint density at radius 1 is 1.24 bits per heavy atom. The van der Waals surface area contributed by atoms with Crippen LogP contribution in [-0.4, -0.2) is 17.4 Å². The molecule has 2 rings (SSSR count). The molecule has 0 bridgehead atoms. The zero-order valence-electron chi connectivity index (χ0n) is 14.6. The summed E-state index contributed by atoms with van der Waals surface area (Å²) in [7, 11) is 0. The number of nitrogens with one attached hydrogen (secondary N) is 2. The highest BCUT2D eigenvalue weighted by atomic mass is 16.6. The smallest absolute Gasteiger partial charge is 0.269 e. The summed E-state index contributed by atoms with van der Waals surface area (Å²) in [6, 6.07) is 10.2. The molecule has 0 amide bonds. The van der Waals surface area contributed by atoms with E-state index in [0.717, 1.165) is 24.3 Å². The van der Waals surface area contributed by atoms with Crippen molar-refractivity contribution in [3.05, 3.63) is 64.1 Å². The molecule has 134 valence electrons. The molecule has 0 saturated carbocycles. The molecule has 0 fully saturated rings. The first kappa shape index (κ1) is 18.5. The van der Waals surface area contributed by atoms with Gasteiger partial charge < -0.3 is 15.1 Å². The van der Waals surface area contributed by atoms with Crippen molar-refractivity contribution in [2.24, 2.45) is 10.9 Å². The molecular weight excluding hydrogens is 320 g/mol. The van der Waals surface area contributed by atoms with Crippen molar-refractivity contribution in [1.29, 1.82) is 0 Å². The zero-order valence-corrected chi connectivity index (χ0v) is 14.6. The van der Waals surface area contributed by atoms with Crippen LogP contribution in [0.4, 0.5) is 5.69 Å². The molecular formula is C18H24N4O3.